The molecule has 0 aromatic heterocycles. The first-order valence-corrected chi connectivity index (χ1v) is 8.64. The molecule has 1 aliphatic rings. The summed E-state index contributed by atoms with van der Waals surface area (Å²) in [6, 6.07) is 9.13. The van der Waals surface area contributed by atoms with Crippen LogP contribution in [-0.4, -0.2) is 66.8 Å². The Hall–Kier alpha value is -2.28. The van der Waals surface area contributed by atoms with Crippen LogP contribution in [0.5, 0.6) is 0 Å². The normalized spacial score (nSPS) is 15.6. The maximum atomic E-state index is 12.0. The van der Waals surface area contributed by atoms with E-state index in [1.807, 2.05) is 51.1 Å². The third kappa shape index (κ3) is 7.01. The highest BCUT2D eigenvalue weighted by molar-refractivity contribution is 5.89. The standard InChI is InChI=1S/C18H28N4O3/c1-18(2,3)25-17(24)22-13-11-21(12-14-22)10-9-19-16(23)20-15-7-5-4-6-8-15/h4-8H,9-14H2,1-3H3,(H2,19,20,23). The number of hydrogen-bond donors (Lipinski definition) is 2. The largest absolute Gasteiger partial charge is 0.444 e. The molecular weight excluding hydrogens is 320 g/mol. The lowest BCUT2D eigenvalue weighted by Gasteiger charge is -2.35. The van der Waals surface area contributed by atoms with E-state index >= 15 is 0 Å². The second-order valence-corrected chi connectivity index (χ2v) is 7.06. The fourth-order valence-electron chi connectivity index (χ4n) is 2.50. The molecule has 0 spiro atoms. The van der Waals surface area contributed by atoms with Crippen molar-refractivity contribution in [1.82, 2.24) is 15.1 Å². The molecule has 2 N–H and O–H groups in total. The highest BCUT2D eigenvalue weighted by Crippen LogP contribution is 2.11. The lowest BCUT2D eigenvalue weighted by Crippen LogP contribution is -2.51. The van der Waals surface area contributed by atoms with Gasteiger partial charge in [-0.15, -0.1) is 0 Å². The van der Waals surface area contributed by atoms with Crippen molar-refractivity contribution in [3.8, 4) is 0 Å². The highest BCUT2D eigenvalue weighted by atomic mass is 16.6. The number of nitrogens with one attached hydrogen (secondary N) is 2. The van der Waals surface area contributed by atoms with E-state index in [1.54, 1.807) is 4.90 Å². The van der Waals surface area contributed by atoms with Crippen molar-refractivity contribution in [2.24, 2.45) is 0 Å². The van der Waals surface area contributed by atoms with Gasteiger partial charge >= 0.3 is 12.1 Å². The SMILES string of the molecule is CC(C)(C)OC(=O)N1CCN(CCNC(=O)Nc2ccccc2)CC1. The predicted octanol–water partition coefficient (Wildman–Crippen LogP) is 2.36. The average Bonchev–Trinajstić information content (AvgIpc) is 2.55. The van der Waals surface area contributed by atoms with Gasteiger partial charge in [0, 0.05) is 45.0 Å². The summed E-state index contributed by atoms with van der Waals surface area (Å²) < 4.78 is 5.38. The van der Waals surface area contributed by atoms with Crippen molar-refractivity contribution < 1.29 is 14.3 Å². The first-order chi connectivity index (χ1) is 11.8. The van der Waals surface area contributed by atoms with E-state index in [-0.39, 0.29) is 12.1 Å². The third-order valence-electron chi connectivity index (χ3n) is 3.77. The molecule has 7 nitrogen and oxygen atoms in total. The van der Waals surface area contributed by atoms with Crippen molar-refractivity contribution in [1.29, 1.82) is 0 Å². The van der Waals surface area contributed by atoms with Crippen LogP contribution in [-0.2, 0) is 4.74 Å². The summed E-state index contributed by atoms with van der Waals surface area (Å²) in [7, 11) is 0. The summed E-state index contributed by atoms with van der Waals surface area (Å²) in [5.41, 5.74) is 0.301. The molecule has 0 radical (unpaired) electrons. The zero-order valence-corrected chi connectivity index (χ0v) is 15.2. The molecule has 7 heteroatoms. The summed E-state index contributed by atoms with van der Waals surface area (Å²) >= 11 is 0. The number of piperazine rings is 1. The minimum atomic E-state index is -0.468. The van der Waals surface area contributed by atoms with Crippen LogP contribution in [0.1, 0.15) is 20.8 Å². The maximum Gasteiger partial charge on any atom is 0.410 e. The fraction of sp³-hybridized carbons (Fsp3) is 0.556. The number of hydrogen-bond acceptors (Lipinski definition) is 4. The van der Waals surface area contributed by atoms with Gasteiger partial charge in [-0.3, -0.25) is 4.90 Å². The lowest BCUT2D eigenvalue weighted by molar-refractivity contribution is 0.0147. The van der Waals surface area contributed by atoms with Crippen LogP contribution in [0.15, 0.2) is 30.3 Å². The molecule has 0 saturated carbocycles. The Bertz CT molecular complexity index is 563. The van der Waals surface area contributed by atoms with Gasteiger partial charge in [-0.1, -0.05) is 18.2 Å². The van der Waals surface area contributed by atoms with Crippen molar-refractivity contribution in [3.63, 3.8) is 0 Å². The molecule has 1 aromatic rings. The fourth-order valence-corrected chi connectivity index (χ4v) is 2.50. The molecule has 0 atom stereocenters. The topological polar surface area (TPSA) is 73.9 Å². The van der Waals surface area contributed by atoms with E-state index in [0.717, 1.165) is 25.3 Å². The molecule has 0 unspecified atom stereocenters. The van der Waals surface area contributed by atoms with Crippen LogP contribution >= 0.6 is 0 Å². The van der Waals surface area contributed by atoms with Gasteiger partial charge in [-0.2, -0.15) is 0 Å². The van der Waals surface area contributed by atoms with Crippen molar-refractivity contribution in [2.75, 3.05) is 44.6 Å². The number of para-hydroxylation sites is 1. The van der Waals surface area contributed by atoms with Crippen LogP contribution in [0, 0.1) is 0 Å². The number of ether oxygens (including phenoxy) is 1. The molecule has 1 saturated heterocycles. The molecule has 25 heavy (non-hydrogen) atoms. The Morgan fingerprint density at radius 3 is 2.32 bits per heavy atom. The lowest BCUT2D eigenvalue weighted by atomic mass is 10.2. The van der Waals surface area contributed by atoms with Crippen LogP contribution in [0.25, 0.3) is 0 Å². The van der Waals surface area contributed by atoms with Gasteiger partial charge in [0.05, 0.1) is 0 Å². The van der Waals surface area contributed by atoms with Gasteiger partial charge in [0.15, 0.2) is 0 Å². The average molecular weight is 348 g/mol. The predicted molar refractivity (Wildman–Crippen MR) is 97.7 cm³/mol. The molecule has 2 rings (SSSR count). The number of anilines is 1. The van der Waals surface area contributed by atoms with Crippen LogP contribution in [0.3, 0.4) is 0 Å². The van der Waals surface area contributed by atoms with Crippen molar-refractivity contribution in [2.45, 2.75) is 26.4 Å². The number of amides is 3. The smallest absolute Gasteiger partial charge is 0.410 e. The van der Waals surface area contributed by atoms with E-state index in [0.29, 0.717) is 19.6 Å². The number of nitrogens with zero attached hydrogens (tertiary/aromatic N) is 2. The Kier molecular flexibility index (Phi) is 6.64. The van der Waals surface area contributed by atoms with Crippen LogP contribution in [0.2, 0.25) is 0 Å². The number of carbonyl (C=O) groups excluding carboxylic acids is 2. The summed E-state index contributed by atoms with van der Waals surface area (Å²) in [4.78, 5) is 27.8. The molecule has 1 fully saturated rings. The van der Waals surface area contributed by atoms with Gasteiger partial charge in [-0.05, 0) is 32.9 Å². The number of benzene rings is 1. The van der Waals surface area contributed by atoms with E-state index in [2.05, 4.69) is 15.5 Å². The van der Waals surface area contributed by atoms with Crippen molar-refractivity contribution >= 4 is 17.8 Å². The molecule has 0 bridgehead atoms. The van der Waals surface area contributed by atoms with Gasteiger partial charge < -0.3 is 20.3 Å². The second-order valence-electron chi connectivity index (χ2n) is 7.06. The molecular formula is C18H28N4O3. The number of urea groups is 1. The van der Waals surface area contributed by atoms with Gasteiger partial charge in [0.1, 0.15) is 5.60 Å². The van der Waals surface area contributed by atoms with Crippen LogP contribution in [0.4, 0.5) is 15.3 Å². The van der Waals surface area contributed by atoms with E-state index < -0.39 is 5.60 Å². The van der Waals surface area contributed by atoms with Gasteiger partial charge in [0.2, 0.25) is 0 Å². The summed E-state index contributed by atoms with van der Waals surface area (Å²) in [5, 5.41) is 5.63. The minimum absolute atomic E-state index is 0.210. The van der Waals surface area contributed by atoms with E-state index in [1.165, 1.54) is 0 Å². The monoisotopic (exact) mass is 348 g/mol. The van der Waals surface area contributed by atoms with E-state index in [9.17, 15) is 9.59 Å². The third-order valence-corrected chi connectivity index (χ3v) is 3.77. The second kappa shape index (κ2) is 8.71. The molecule has 0 aliphatic carbocycles. The molecule has 1 aliphatic heterocycles. The number of carbonyl (C=O) groups is 2. The Morgan fingerprint density at radius 2 is 1.72 bits per heavy atom. The molecule has 1 aromatic carbocycles. The zero-order valence-electron chi connectivity index (χ0n) is 15.2. The number of rotatable bonds is 4. The first-order valence-electron chi connectivity index (χ1n) is 8.64. The first kappa shape index (κ1) is 19.1. The molecule has 138 valence electrons. The quantitative estimate of drug-likeness (QED) is 0.876. The van der Waals surface area contributed by atoms with Crippen LogP contribution < -0.4 is 10.6 Å². The Morgan fingerprint density at radius 1 is 1.08 bits per heavy atom. The van der Waals surface area contributed by atoms with Crippen molar-refractivity contribution in [3.05, 3.63) is 30.3 Å². The summed E-state index contributed by atoms with van der Waals surface area (Å²) in [6.45, 7) is 9.77. The maximum absolute atomic E-state index is 12.0. The summed E-state index contributed by atoms with van der Waals surface area (Å²) in [5.74, 6) is 0. The molecule has 1 heterocycles. The summed E-state index contributed by atoms with van der Waals surface area (Å²) in [6.07, 6.45) is -0.257. The zero-order chi connectivity index (χ0) is 18.3. The minimum Gasteiger partial charge on any atom is -0.444 e. The molecule has 3 amide bonds. The van der Waals surface area contributed by atoms with E-state index in [4.69, 9.17) is 4.74 Å². The Balaban J connectivity index is 1.62. The van der Waals surface area contributed by atoms with Gasteiger partial charge in [0.25, 0.3) is 0 Å². The highest BCUT2D eigenvalue weighted by Gasteiger charge is 2.25. The van der Waals surface area contributed by atoms with Gasteiger partial charge in [-0.25, -0.2) is 9.59 Å². The Labute approximate surface area is 149 Å².